The van der Waals surface area contributed by atoms with Crippen LogP contribution in [0.5, 0.6) is 0 Å². The molecule has 0 bridgehead atoms. The van der Waals surface area contributed by atoms with Gasteiger partial charge in [-0.25, -0.2) is 0 Å². The Morgan fingerprint density at radius 1 is 1.39 bits per heavy atom. The number of hydrogen-bond donors (Lipinski definition) is 1. The molecule has 1 unspecified atom stereocenters. The summed E-state index contributed by atoms with van der Waals surface area (Å²) in [5.41, 5.74) is 2.51. The molecule has 1 aromatic rings. The van der Waals surface area contributed by atoms with Crippen LogP contribution in [0, 0.1) is 6.92 Å². The molecule has 4 heteroatoms. The summed E-state index contributed by atoms with van der Waals surface area (Å²) in [7, 11) is 2.14. The van der Waals surface area contributed by atoms with Crippen molar-refractivity contribution in [1.82, 2.24) is 4.90 Å². The fraction of sp³-hybridized carbons (Fsp3) is 0.571. The van der Waals surface area contributed by atoms with E-state index in [4.69, 9.17) is 0 Å². The van der Waals surface area contributed by atoms with Crippen molar-refractivity contribution >= 4 is 21.6 Å². The van der Waals surface area contributed by atoms with Crippen molar-refractivity contribution in [2.75, 3.05) is 38.2 Å². The minimum atomic E-state index is 0.248. The molecule has 1 fully saturated rings. The SMILES string of the molecule is Cc1ccc(N2CCN(C)CC2CCO)c(Br)c1. The molecule has 0 aromatic heterocycles. The van der Waals surface area contributed by atoms with Gasteiger partial charge in [-0.15, -0.1) is 0 Å². The maximum Gasteiger partial charge on any atom is 0.0514 e. The Morgan fingerprint density at radius 3 is 2.83 bits per heavy atom. The number of benzene rings is 1. The summed E-state index contributed by atoms with van der Waals surface area (Å²) in [5.74, 6) is 0. The second-order valence-electron chi connectivity index (χ2n) is 5.08. The molecule has 1 aliphatic heterocycles. The highest BCUT2D eigenvalue weighted by Gasteiger charge is 2.26. The molecule has 0 amide bonds. The van der Waals surface area contributed by atoms with Crippen molar-refractivity contribution in [1.29, 1.82) is 0 Å². The minimum absolute atomic E-state index is 0.248. The van der Waals surface area contributed by atoms with E-state index in [0.29, 0.717) is 6.04 Å². The third-order valence-electron chi connectivity index (χ3n) is 3.56. The zero-order valence-corrected chi connectivity index (χ0v) is 12.7. The lowest BCUT2D eigenvalue weighted by atomic mass is 10.1. The van der Waals surface area contributed by atoms with E-state index in [1.165, 1.54) is 11.3 Å². The van der Waals surface area contributed by atoms with Crippen molar-refractivity contribution in [2.24, 2.45) is 0 Å². The van der Waals surface area contributed by atoms with E-state index in [1.54, 1.807) is 0 Å². The number of aliphatic hydroxyl groups is 1. The van der Waals surface area contributed by atoms with Gasteiger partial charge in [0.15, 0.2) is 0 Å². The lowest BCUT2D eigenvalue weighted by molar-refractivity contribution is 0.219. The molecule has 1 atom stereocenters. The molecule has 0 saturated carbocycles. The Bertz CT molecular complexity index is 411. The van der Waals surface area contributed by atoms with Crippen LogP contribution in [0.15, 0.2) is 22.7 Å². The summed E-state index contributed by atoms with van der Waals surface area (Å²) in [6.45, 7) is 5.45. The second kappa shape index (κ2) is 6.04. The van der Waals surface area contributed by atoms with Crippen LogP contribution in [0.3, 0.4) is 0 Å². The fourth-order valence-corrected chi connectivity index (χ4v) is 3.29. The second-order valence-corrected chi connectivity index (χ2v) is 5.93. The van der Waals surface area contributed by atoms with Crippen LogP contribution in [0.4, 0.5) is 5.69 Å². The molecule has 0 radical (unpaired) electrons. The van der Waals surface area contributed by atoms with Gasteiger partial charge in [0.25, 0.3) is 0 Å². The van der Waals surface area contributed by atoms with Gasteiger partial charge in [0.05, 0.1) is 5.69 Å². The molecular weight excluding hydrogens is 292 g/mol. The maximum atomic E-state index is 9.23. The summed E-state index contributed by atoms with van der Waals surface area (Å²) in [5, 5.41) is 9.23. The zero-order chi connectivity index (χ0) is 13.1. The highest BCUT2D eigenvalue weighted by atomic mass is 79.9. The standard InChI is InChI=1S/C14H21BrN2O/c1-11-3-4-14(13(15)9-11)17-7-6-16(2)10-12(17)5-8-18/h3-4,9,12,18H,5-8,10H2,1-2H3. The molecule has 1 heterocycles. The quantitative estimate of drug-likeness (QED) is 0.927. The summed E-state index contributed by atoms with van der Waals surface area (Å²) in [4.78, 5) is 4.75. The van der Waals surface area contributed by atoms with Crippen molar-refractivity contribution in [3.63, 3.8) is 0 Å². The first-order valence-electron chi connectivity index (χ1n) is 6.44. The number of aliphatic hydroxyl groups excluding tert-OH is 1. The van der Waals surface area contributed by atoms with Crippen LogP contribution in [-0.2, 0) is 0 Å². The molecule has 0 aliphatic carbocycles. The first kappa shape index (κ1) is 13.8. The number of rotatable bonds is 3. The lowest BCUT2D eigenvalue weighted by Crippen LogP contribution is -2.52. The van der Waals surface area contributed by atoms with Gasteiger partial charge in [0.2, 0.25) is 0 Å². The number of nitrogens with zero attached hydrogens (tertiary/aromatic N) is 2. The zero-order valence-electron chi connectivity index (χ0n) is 11.1. The molecule has 3 nitrogen and oxygen atoms in total. The summed E-state index contributed by atoms with van der Waals surface area (Å²) >= 11 is 3.66. The van der Waals surface area contributed by atoms with E-state index in [1.807, 2.05) is 0 Å². The van der Waals surface area contributed by atoms with Gasteiger partial charge < -0.3 is 14.9 Å². The first-order valence-corrected chi connectivity index (χ1v) is 7.23. The summed E-state index contributed by atoms with van der Waals surface area (Å²) in [6, 6.07) is 6.88. The van der Waals surface area contributed by atoms with Crippen LogP contribution < -0.4 is 4.90 Å². The normalized spacial score (nSPS) is 21.3. The molecule has 1 aliphatic rings. The van der Waals surface area contributed by atoms with E-state index >= 15 is 0 Å². The molecule has 100 valence electrons. The van der Waals surface area contributed by atoms with Crippen LogP contribution >= 0.6 is 15.9 Å². The van der Waals surface area contributed by atoms with Gasteiger partial charge in [-0.3, -0.25) is 0 Å². The third-order valence-corrected chi connectivity index (χ3v) is 4.20. The lowest BCUT2D eigenvalue weighted by Gasteiger charge is -2.42. The van der Waals surface area contributed by atoms with Gasteiger partial charge >= 0.3 is 0 Å². The van der Waals surface area contributed by atoms with Crippen LogP contribution in [-0.4, -0.2) is 49.3 Å². The topological polar surface area (TPSA) is 26.7 Å². The van der Waals surface area contributed by atoms with Gasteiger partial charge in [-0.2, -0.15) is 0 Å². The summed E-state index contributed by atoms with van der Waals surface area (Å²) < 4.78 is 1.15. The summed E-state index contributed by atoms with van der Waals surface area (Å²) in [6.07, 6.45) is 0.824. The minimum Gasteiger partial charge on any atom is -0.396 e. The number of halogens is 1. The molecule has 1 N–H and O–H groups in total. The molecule has 0 spiro atoms. The van der Waals surface area contributed by atoms with Gasteiger partial charge in [0.1, 0.15) is 0 Å². The van der Waals surface area contributed by atoms with Crippen LogP contribution in [0.2, 0.25) is 0 Å². The predicted octanol–water partition coefficient (Wildman–Crippen LogP) is 2.26. The largest absolute Gasteiger partial charge is 0.396 e. The highest BCUT2D eigenvalue weighted by molar-refractivity contribution is 9.10. The smallest absolute Gasteiger partial charge is 0.0514 e. The Balaban J connectivity index is 2.23. The van der Waals surface area contributed by atoms with Crippen molar-refractivity contribution < 1.29 is 5.11 Å². The number of aryl methyl sites for hydroxylation is 1. The number of anilines is 1. The van der Waals surface area contributed by atoms with Gasteiger partial charge in [0, 0.05) is 36.8 Å². The van der Waals surface area contributed by atoms with Crippen LogP contribution in [0.1, 0.15) is 12.0 Å². The van der Waals surface area contributed by atoms with Gasteiger partial charge in [-0.1, -0.05) is 6.07 Å². The molecule has 1 aromatic carbocycles. The van der Waals surface area contributed by atoms with Crippen LogP contribution in [0.25, 0.3) is 0 Å². The van der Waals surface area contributed by atoms with E-state index in [-0.39, 0.29) is 6.61 Å². The molecule has 2 rings (SSSR count). The van der Waals surface area contributed by atoms with Crippen molar-refractivity contribution in [3.05, 3.63) is 28.2 Å². The van der Waals surface area contributed by atoms with Crippen molar-refractivity contribution in [3.8, 4) is 0 Å². The highest BCUT2D eigenvalue weighted by Crippen LogP contribution is 2.30. The Kier molecular flexibility index (Phi) is 4.65. The Labute approximate surface area is 118 Å². The predicted molar refractivity (Wildman–Crippen MR) is 79.2 cm³/mol. The molecule has 18 heavy (non-hydrogen) atoms. The van der Waals surface area contributed by atoms with E-state index in [2.05, 4.69) is 57.9 Å². The third kappa shape index (κ3) is 3.05. The van der Waals surface area contributed by atoms with Crippen molar-refractivity contribution in [2.45, 2.75) is 19.4 Å². The first-order chi connectivity index (χ1) is 8.61. The maximum absolute atomic E-state index is 9.23. The average molecular weight is 313 g/mol. The van der Waals surface area contributed by atoms with E-state index < -0.39 is 0 Å². The monoisotopic (exact) mass is 312 g/mol. The average Bonchev–Trinajstić information content (AvgIpc) is 2.31. The van der Waals surface area contributed by atoms with Gasteiger partial charge in [-0.05, 0) is 54.0 Å². The van der Waals surface area contributed by atoms with E-state index in [9.17, 15) is 5.11 Å². The fourth-order valence-electron chi connectivity index (χ4n) is 2.57. The Morgan fingerprint density at radius 2 is 2.17 bits per heavy atom. The van der Waals surface area contributed by atoms with E-state index in [0.717, 1.165) is 30.5 Å². The number of hydrogen-bond acceptors (Lipinski definition) is 3. The Hall–Kier alpha value is -0.580. The number of piperazine rings is 1. The molecular formula is C14H21BrN2O. The number of likely N-dealkylation sites (N-methyl/N-ethyl adjacent to an activating group) is 1. The molecule has 1 saturated heterocycles.